The average molecular weight is 441 g/mol. The second-order valence-electron chi connectivity index (χ2n) is 6.79. The van der Waals surface area contributed by atoms with E-state index < -0.39 is 34.6 Å². The minimum absolute atomic E-state index is 0.0000552. The molecule has 3 rings (SSSR count). The molecular formula is C17H20ClF3N2O4S. The van der Waals surface area contributed by atoms with Gasteiger partial charge in [-0.1, -0.05) is 11.6 Å². The Kier molecular flexibility index (Phi) is 6.23. The molecule has 0 aliphatic carbocycles. The van der Waals surface area contributed by atoms with Crippen LogP contribution < -0.4 is 0 Å². The molecule has 0 aromatic heterocycles. The second kappa shape index (κ2) is 8.17. The van der Waals surface area contributed by atoms with Gasteiger partial charge < -0.3 is 9.64 Å². The van der Waals surface area contributed by atoms with Crippen molar-refractivity contribution in [3.05, 3.63) is 28.8 Å². The number of amides is 1. The number of benzene rings is 1. The molecule has 0 saturated carbocycles. The molecule has 2 heterocycles. The van der Waals surface area contributed by atoms with Gasteiger partial charge in [0, 0.05) is 26.2 Å². The molecule has 1 aromatic carbocycles. The van der Waals surface area contributed by atoms with E-state index in [1.807, 2.05) is 0 Å². The number of rotatable bonds is 3. The predicted octanol–water partition coefficient (Wildman–Crippen LogP) is 2.78. The molecule has 2 fully saturated rings. The first kappa shape index (κ1) is 21.4. The molecule has 1 aromatic rings. The van der Waals surface area contributed by atoms with Crippen molar-refractivity contribution in [2.24, 2.45) is 5.92 Å². The summed E-state index contributed by atoms with van der Waals surface area (Å²) in [5.41, 5.74) is -0.112. The number of halogens is 4. The highest BCUT2D eigenvalue weighted by Crippen LogP contribution is 2.34. The molecule has 2 saturated heterocycles. The van der Waals surface area contributed by atoms with Gasteiger partial charge in [-0.3, -0.25) is 4.79 Å². The summed E-state index contributed by atoms with van der Waals surface area (Å²) in [7, 11) is -3.86. The van der Waals surface area contributed by atoms with E-state index in [9.17, 15) is 26.4 Å². The number of likely N-dealkylation sites (tertiary alicyclic amines) is 1. The number of morpholine rings is 1. The maximum atomic E-state index is 13.0. The first-order valence-corrected chi connectivity index (χ1v) is 10.7. The van der Waals surface area contributed by atoms with Crippen molar-refractivity contribution in [1.82, 2.24) is 9.21 Å². The number of sulfonamides is 1. The Morgan fingerprint density at radius 3 is 2.50 bits per heavy atom. The van der Waals surface area contributed by atoms with Crippen LogP contribution in [0.5, 0.6) is 0 Å². The van der Waals surface area contributed by atoms with Gasteiger partial charge in [0.2, 0.25) is 10.0 Å². The van der Waals surface area contributed by atoms with Crippen molar-refractivity contribution in [2.45, 2.75) is 23.9 Å². The van der Waals surface area contributed by atoms with Gasteiger partial charge in [-0.05, 0) is 31.0 Å². The van der Waals surface area contributed by atoms with Crippen LogP contribution in [0.15, 0.2) is 23.1 Å². The van der Waals surface area contributed by atoms with Gasteiger partial charge in [-0.25, -0.2) is 8.42 Å². The van der Waals surface area contributed by atoms with Gasteiger partial charge in [-0.2, -0.15) is 17.5 Å². The number of nitrogens with zero attached hydrogens (tertiary/aromatic N) is 2. The maximum Gasteiger partial charge on any atom is 0.393 e. The molecule has 0 radical (unpaired) electrons. The molecule has 6 nitrogen and oxygen atoms in total. The van der Waals surface area contributed by atoms with Crippen LogP contribution in [0.3, 0.4) is 0 Å². The summed E-state index contributed by atoms with van der Waals surface area (Å²) in [6.07, 6.45) is -4.20. The standard InChI is InChI=1S/C17H20ClF3N2O4S/c18-15-4-3-13(28(25,26)23-6-8-27-9-7-23)10-14(15)16(24)22-5-1-2-12(11-22)17(19,20)21/h3-4,10,12H,1-2,5-9,11H2/t12-/m0/s1. The largest absolute Gasteiger partial charge is 0.393 e. The van der Waals surface area contributed by atoms with Crippen LogP contribution in [-0.2, 0) is 14.8 Å². The van der Waals surface area contributed by atoms with E-state index in [-0.39, 0.29) is 61.2 Å². The van der Waals surface area contributed by atoms with E-state index in [0.29, 0.717) is 0 Å². The second-order valence-corrected chi connectivity index (χ2v) is 9.14. The molecule has 0 spiro atoms. The number of carbonyl (C=O) groups is 1. The monoisotopic (exact) mass is 440 g/mol. The van der Waals surface area contributed by atoms with E-state index in [4.69, 9.17) is 16.3 Å². The van der Waals surface area contributed by atoms with Gasteiger partial charge in [0.25, 0.3) is 5.91 Å². The molecule has 28 heavy (non-hydrogen) atoms. The zero-order valence-electron chi connectivity index (χ0n) is 14.9. The van der Waals surface area contributed by atoms with Crippen LogP contribution >= 0.6 is 11.6 Å². The Labute approximate surface area is 166 Å². The Balaban J connectivity index is 1.86. The predicted molar refractivity (Wildman–Crippen MR) is 95.7 cm³/mol. The van der Waals surface area contributed by atoms with Gasteiger partial charge >= 0.3 is 6.18 Å². The van der Waals surface area contributed by atoms with Crippen molar-refractivity contribution in [2.75, 3.05) is 39.4 Å². The molecule has 0 unspecified atom stereocenters. The Morgan fingerprint density at radius 1 is 1.18 bits per heavy atom. The van der Waals surface area contributed by atoms with E-state index in [1.165, 1.54) is 16.4 Å². The summed E-state index contributed by atoms with van der Waals surface area (Å²) < 4.78 is 71.0. The van der Waals surface area contributed by atoms with E-state index >= 15 is 0 Å². The maximum absolute atomic E-state index is 13.0. The third-order valence-corrected chi connectivity index (χ3v) is 7.17. The van der Waals surface area contributed by atoms with Crippen molar-refractivity contribution < 1.29 is 31.1 Å². The lowest BCUT2D eigenvalue weighted by molar-refractivity contribution is -0.184. The average Bonchev–Trinajstić information content (AvgIpc) is 2.68. The molecule has 11 heteroatoms. The fourth-order valence-corrected chi connectivity index (χ4v) is 5.00. The number of hydrogen-bond acceptors (Lipinski definition) is 4. The third kappa shape index (κ3) is 4.45. The molecule has 0 N–H and O–H groups in total. The van der Waals surface area contributed by atoms with Gasteiger partial charge in [-0.15, -0.1) is 0 Å². The smallest absolute Gasteiger partial charge is 0.379 e. The van der Waals surface area contributed by atoms with Crippen molar-refractivity contribution in [3.8, 4) is 0 Å². The lowest BCUT2D eigenvalue weighted by Crippen LogP contribution is -2.44. The molecular weight excluding hydrogens is 421 g/mol. The Bertz CT molecular complexity index is 841. The van der Waals surface area contributed by atoms with Gasteiger partial charge in [0.05, 0.1) is 34.6 Å². The van der Waals surface area contributed by atoms with Crippen LogP contribution in [0.4, 0.5) is 13.2 Å². The fraction of sp³-hybridized carbons (Fsp3) is 0.588. The fourth-order valence-electron chi connectivity index (χ4n) is 3.36. The highest BCUT2D eigenvalue weighted by atomic mass is 35.5. The summed E-state index contributed by atoms with van der Waals surface area (Å²) in [4.78, 5) is 13.8. The van der Waals surface area contributed by atoms with Gasteiger partial charge in [0.1, 0.15) is 0 Å². The zero-order valence-corrected chi connectivity index (χ0v) is 16.5. The number of carbonyl (C=O) groups excluding carboxylic acids is 1. The number of alkyl halides is 3. The topological polar surface area (TPSA) is 66.9 Å². The summed E-state index contributed by atoms with van der Waals surface area (Å²) in [6.45, 7) is 0.624. The Morgan fingerprint density at radius 2 is 1.86 bits per heavy atom. The number of hydrogen-bond donors (Lipinski definition) is 0. The van der Waals surface area contributed by atoms with Gasteiger partial charge in [0.15, 0.2) is 0 Å². The molecule has 1 atom stereocenters. The number of piperidine rings is 1. The first-order chi connectivity index (χ1) is 13.1. The molecule has 2 aliphatic rings. The van der Waals surface area contributed by atoms with Crippen molar-refractivity contribution >= 4 is 27.5 Å². The summed E-state index contributed by atoms with van der Waals surface area (Å²) in [6, 6.07) is 3.72. The highest BCUT2D eigenvalue weighted by Gasteiger charge is 2.43. The first-order valence-electron chi connectivity index (χ1n) is 8.84. The summed E-state index contributed by atoms with van der Waals surface area (Å²) >= 11 is 6.07. The summed E-state index contributed by atoms with van der Waals surface area (Å²) in [5.74, 6) is -2.29. The molecule has 1 amide bonds. The Hall–Kier alpha value is -1.36. The molecule has 0 bridgehead atoms. The zero-order chi connectivity index (χ0) is 20.5. The quantitative estimate of drug-likeness (QED) is 0.725. The van der Waals surface area contributed by atoms with E-state index in [2.05, 4.69) is 0 Å². The highest BCUT2D eigenvalue weighted by molar-refractivity contribution is 7.89. The molecule has 156 valence electrons. The van der Waals surface area contributed by atoms with E-state index in [1.54, 1.807) is 0 Å². The lowest BCUT2D eigenvalue weighted by atomic mass is 9.97. The van der Waals surface area contributed by atoms with Crippen molar-refractivity contribution in [3.63, 3.8) is 0 Å². The molecule has 2 aliphatic heterocycles. The van der Waals surface area contributed by atoms with Crippen LogP contribution in [0.1, 0.15) is 23.2 Å². The van der Waals surface area contributed by atoms with E-state index in [0.717, 1.165) is 11.0 Å². The number of ether oxygens (including phenoxy) is 1. The lowest BCUT2D eigenvalue weighted by Gasteiger charge is -2.34. The SMILES string of the molecule is O=C(c1cc(S(=O)(=O)N2CCOCC2)ccc1Cl)N1CCC[C@H](C(F)(F)F)C1. The normalized spacial score (nSPS) is 22.3. The van der Waals surface area contributed by atoms with Crippen LogP contribution in [-0.4, -0.2) is 69.1 Å². The minimum atomic E-state index is -4.38. The van der Waals surface area contributed by atoms with Crippen LogP contribution in [0, 0.1) is 5.92 Å². The minimum Gasteiger partial charge on any atom is -0.379 e. The van der Waals surface area contributed by atoms with Crippen LogP contribution in [0.25, 0.3) is 0 Å². The third-order valence-electron chi connectivity index (χ3n) is 4.95. The van der Waals surface area contributed by atoms with Crippen LogP contribution in [0.2, 0.25) is 5.02 Å². The summed E-state index contributed by atoms with van der Waals surface area (Å²) in [5, 5.41) is 0.0000552. The van der Waals surface area contributed by atoms with Crippen molar-refractivity contribution in [1.29, 1.82) is 0 Å².